The zero-order chi connectivity index (χ0) is 15.6. The second-order valence-electron chi connectivity index (χ2n) is 6.51. The van der Waals surface area contributed by atoms with Gasteiger partial charge in [-0.25, -0.2) is 9.78 Å². The summed E-state index contributed by atoms with van der Waals surface area (Å²) < 4.78 is 5.82. The van der Waals surface area contributed by atoms with Crippen molar-refractivity contribution in [2.45, 2.75) is 6.42 Å². The Morgan fingerprint density at radius 1 is 1.32 bits per heavy atom. The number of pyridine rings is 1. The first-order chi connectivity index (χ1) is 10.6. The normalized spacial score (nSPS) is 25.4. The van der Waals surface area contributed by atoms with Crippen molar-refractivity contribution in [1.82, 2.24) is 14.8 Å². The second-order valence-corrected chi connectivity index (χ2v) is 6.51. The largest absolute Gasteiger partial charge is 0.379 e. The van der Waals surface area contributed by atoms with Crippen molar-refractivity contribution in [3.8, 4) is 0 Å². The maximum Gasteiger partial charge on any atom is 0.319 e. The van der Waals surface area contributed by atoms with Crippen LogP contribution in [0.2, 0.25) is 0 Å². The van der Waals surface area contributed by atoms with E-state index in [1.165, 1.54) is 0 Å². The summed E-state index contributed by atoms with van der Waals surface area (Å²) in [4.78, 5) is 22.6. The van der Waals surface area contributed by atoms with Crippen LogP contribution in [0.25, 0.3) is 0 Å². The van der Waals surface area contributed by atoms with Gasteiger partial charge in [0.2, 0.25) is 0 Å². The third-order valence-electron chi connectivity index (χ3n) is 4.50. The molecule has 0 aliphatic carbocycles. The number of ether oxygens (including phenoxy) is 1. The SMILES string of the molecule is CN(C)C(=O)N1CCOC[C@]2(CCN(c3ccccn3)C2)C1. The Labute approximate surface area is 131 Å². The number of carbonyl (C=O) groups is 1. The lowest BCUT2D eigenvalue weighted by atomic mass is 9.87. The van der Waals surface area contributed by atoms with Crippen LogP contribution >= 0.6 is 0 Å². The van der Waals surface area contributed by atoms with Gasteiger partial charge in [-0.1, -0.05) is 6.07 Å². The number of carbonyl (C=O) groups excluding carboxylic acids is 1. The summed E-state index contributed by atoms with van der Waals surface area (Å²) in [6.07, 6.45) is 2.85. The highest BCUT2D eigenvalue weighted by Crippen LogP contribution is 2.35. The average Bonchev–Trinajstić information content (AvgIpc) is 2.82. The minimum Gasteiger partial charge on any atom is -0.379 e. The van der Waals surface area contributed by atoms with Crippen LogP contribution in [-0.2, 0) is 4.74 Å². The molecule has 0 N–H and O–H groups in total. The molecule has 6 nitrogen and oxygen atoms in total. The van der Waals surface area contributed by atoms with Crippen LogP contribution in [0.1, 0.15) is 6.42 Å². The van der Waals surface area contributed by atoms with E-state index in [4.69, 9.17) is 4.74 Å². The predicted octanol–water partition coefficient (Wildman–Crippen LogP) is 1.29. The first kappa shape index (κ1) is 15.1. The Morgan fingerprint density at radius 3 is 2.91 bits per heavy atom. The number of nitrogens with zero attached hydrogens (tertiary/aromatic N) is 4. The topological polar surface area (TPSA) is 48.9 Å². The van der Waals surface area contributed by atoms with E-state index in [0.29, 0.717) is 19.8 Å². The highest BCUT2D eigenvalue weighted by molar-refractivity contribution is 5.74. The standard InChI is InChI=1S/C16H24N4O2/c1-18(2)15(21)20-9-10-22-13-16(12-20)6-8-19(11-16)14-5-3-4-7-17-14/h3-5,7H,6,8-13H2,1-2H3/t16-/m0/s1. The Kier molecular flexibility index (Phi) is 4.20. The highest BCUT2D eigenvalue weighted by Gasteiger charge is 2.42. The molecule has 2 aliphatic rings. The van der Waals surface area contributed by atoms with Crippen molar-refractivity contribution in [2.75, 3.05) is 58.4 Å². The fourth-order valence-electron chi connectivity index (χ4n) is 3.36. The molecule has 1 aromatic heterocycles. The zero-order valence-electron chi connectivity index (χ0n) is 13.4. The van der Waals surface area contributed by atoms with E-state index in [0.717, 1.165) is 31.9 Å². The molecular weight excluding hydrogens is 280 g/mol. The van der Waals surface area contributed by atoms with Crippen LogP contribution in [-0.4, -0.2) is 74.3 Å². The Morgan fingerprint density at radius 2 is 2.18 bits per heavy atom. The van der Waals surface area contributed by atoms with E-state index in [1.807, 2.05) is 29.3 Å². The summed E-state index contributed by atoms with van der Waals surface area (Å²) in [5, 5.41) is 0. The number of rotatable bonds is 1. The predicted molar refractivity (Wildman–Crippen MR) is 85.0 cm³/mol. The molecule has 22 heavy (non-hydrogen) atoms. The molecule has 3 heterocycles. The number of amides is 2. The lowest BCUT2D eigenvalue weighted by Gasteiger charge is -2.33. The van der Waals surface area contributed by atoms with Crippen LogP contribution in [0.5, 0.6) is 0 Å². The molecule has 6 heteroatoms. The van der Waals surface area contributed by atoms with Gasteiger partial charge in [-0.3, -0.25) is 0 Å². The molecule has 3 rings (SSSR count). The third kappa shape index (κ3) is 3.02. The van der Waals surface area contributed by atoms with Crippen molar-refractivity contribution in [1.29, 1.82) is 0 Å². The van der Waals surface area contributed by atoms with Gasteiger partial charge < -0.3 is 19.4 Å². The molecule has 1 atom stereocenters. The molecule has 2 aliphatic heterocycles. The fourth-order valence-corrected chi connectivity index (χ4v) is 3.36. The van der Waals surface area contributed by atoms with Crippen LogP contribution in [0.4, 0.5) is 10.6 Å². The van der Waals surface area contributed by atoms with Crippen molar-refractivity contribution in [3.63, 3.8) is 0 Å². The zero-order valence-corrected chi connectivity index (χ0v) is 13.4. The summed E-state index contributed by atoms with van der Waals surface area (Å²) in [6, 6.07) is 6.06. The first-order valence-electron chi connectivity index (χ1n) is 7.80. The third-order valence-corrected chi connectivity index (χ3v) is 4.50. The molecule has 2 fully saturated rings. The summed E-state index contributed by atoms with van der Waals surface area (Å²) in [7, 11) is 3.60. The van der Waals surface area contributed by atoms with E-state index in [-0.39, 0.29) is 11.4 Å². The van der Waals surface area contributed by atoms with E-state index in [1.54, 1.807) is 19.0 Å². The van der Waals surface area contributed by atoms with Gasteiger partial charge >= 0.3 is 6.03 Å². The molecular formula is C16H24N4O2. The maximum absolute atomic E-state index is 12.3. The highest BCUT2D eigenvalue weighted by atomic mass is 16.5. The van der Waals surface area contributed by atoms with Gasteiger partial charge in [0.1, 0.15) is 5.82 Å². The lowest BCUT2D eigenvalue weighted by molar-refractivity contribution is 0.0801. The van der Waals surface area contributed by atoms with Gasteiger partial charge in [0.05, 0.1) is 13.2 Å². The monoisotopic (exact) mass is 304 g/mol. The molecule has 0 saturated carbocycles. The molecule has 0 bridgehead atoms. The molecule has 0 unspecified atom stereocenters. The quantitative estimate of drug-likeness (QED) is 0.784. The number of aromatic nitrogens is 1. The molecule has 120 valence electrons. The van der Waals surface area contributed by atoms with E-state index in [2.05, 4.69) is 9.88 Å². The molecule has 2 saturated heterocycles. The van der Waals surface area contributed by atoms with Gasteiger partial charge in [0.25, 0.3) is 0 Å². The van der Waals surface area contributed by atoms with Crippen LogP contribution in [0.15, 0.2) is 24.4 Å². The Balaban J connectivity index is 1.74. The number of hydrogen-bond acceptors (Lipinski definition) is 4. The average molecular weight is 304 g/mol. The van der Waals surface area contributed by atoms with Crippen molar-refractivity contribution in [2.24, 2.45) is 5.41 Å². The summed E-state index contributed by atoms with van der Waals surface area (Å²) in [6.45, 7) is 4.61. The van der Waals surface area contributed by atoms with Crippen molar-refractivity contribution < 1.29 is 9.53 Å². The Bertz CT molecular complexity index is 522. The minimum absolute atomic E-state index is 0.0136. The summed E-state index contributed by atoms with van der Waals surface area (Å²) in [5.74, 6) is 1.01. The van der Waals surface area contributed by atoms with Crippen LogP contribution in [0.3, 0.4) is 0 Å². The number of anilines is 1. The maximum atomic E-state index is 12.3. The second kappa shape index (κ2) is 6.12. The van der Waals surface area contributed by atoms with Gasteiger partial charge in [0, 0.05) is 51.9 Å². The van der Waals surface area contributed by atoms with E-state index in [9.17, 15) is 4.79 Å². The first-order valence-corrected chi connectivity index (χ1v) is 7.80. The Hall–Kier alpha value is -1.82. The molecule has 0 aromatic carbocycles. The van der Waals surface area contributed by atoms with E-state index >= 15 is 0 Å². The van der Waals surface area contributed by atoms with Crippen LogP contribution < -0.4 is 4.90 Å². The molecule has 0 radical (unpaired) electrons. The van der Waals surface area contributed by atoms with Crippen molar-refractivity contribution in [3.05, 3.63) is 24.4 Å². The van der Waals surface area contributed by atoms with Gasteiger partial charge in [-0.2, -0.15) is 0 Å². The van der Waals surface area contributed by atoms with Crippen LogP contribution in [0, 0.1) is 5.41 Å². The van der Waals surface area contributed by atoms with Gasteiger partial charge in [-0.15, -0.1) is 0 Å². The molecule has 1 aromatic rings. The van der Waals surface area contributed by atoms with Gasteiger partial charge in [-0.05, 0) is 18.6 Å². The minimum atomic E-state index is 0.0136. The lowest BCUT2D eigenvalue weighted by Crippen LogP contribution is -2.46. The van der Waals surface area contributed by atoms with Gasteiger partial charge in [0.15, 0.2) is 0 Å². The molecule has 2 amide bonds. The number of hydrogen-bond donors (Lipinski definition) is 0. The fraction of sp³-hybridized carbons (Fsp3) is 0.625. The molecule has 1 spiro atoms. The number of urea groups is 1. The van der Waals surface area contributed by atoms with E-state index < -0.39 is 0 Å². The summed E-state index contributed by atoms with van der Waals surface area (Å²) >= 11 is 0. The summed E-state index contributed by atoms with van der Waals surface area (Å²) in [5.41, 5.74) is 0.0136. The van der Waals surface area contributed by atoms with Crippen molar-refractivity contribution >= 4 is 11.8 Å². The smallest absolute Gasteiger partial charge is 0.319 e.